The molecule has 0 aliphatic rings. The minimum atomic E-state index is -3.86. The van der Waals surface area contributed by atoms with Gasteiger partial charge in [0.2, 0.25) is 10.0 Å². The first-order valence-corrected chi connectivity index (χ1v) is 11.3. The summed E-state index contributed by atoms with van der Waals surface area (Å²) in [6.07, 6.45) is 0. The van der Waals surface area contributed by atoms with E-state index in [1.165, 1.54) is 31.4 Å². The van der Waals surface area contributed by atoms with Gasteiger partial charge in [-0.05, 0) is 54.6 Å². The number of nitrogens with one attached hydrogen (secondary N) is 1. The van der Waals surface area contributed by atoms with Crippen LogP contribution in [0.5, 0.6) is 5.75 Å². The number of rotatable bonds is 7. The lowest BCUT2D eigenvalue weighted by Crippen LogP contribution is -2.28. The second-order valence-electron chi connectivity index (χ2n) is 6.78. The number of ether oxygens (including phenoxy) is 1. The third-order valence-electron chi connectivity index (χ3n) is 4.80. The third-order valence-corrected chi connectivity index (χ3v) is 6.52. The van der Waals surface area contributed by atoms with Crippen LogP contribution in [0.1, 0.15) is 0 Å². The van der Waals surface area contributed by atoms with E-state index in [0.29, 0.717) is 17.4 Å². The number of methoxy groups -OCH3 is 1. The number of halogens is 2. The molecule has 0 aliphatic heterocycles. The molecule has 0 spiro atoms. The van der Waals surface area contributed by atoms with Gasteiger partial charge in [-0.25, -0.2) is 22.5 Å². The summed E-state index contributed by atoms with van der Waals surface area (Å²) in [5, 5.41) is 0.292. The number of nitrogens with zero attached hydrogens (tertiary/aromatic N) is 2. The Kier molecular flexibility index (Phi) is 5.95. The zero-order chi connectivity index (χ0) is 22.0. The molecule has 4 rings (SSSR count). The normalized spacial score (nSPS) is 11.7. The van der Waals surface area contributed by atoms with Crippen LogP contribution in [0.4, 0.5) is 4.39 Å². The smallest absolute Gasteiger partial charge is 0.244 e. The number of hydrogen-bond donors (Lipinski definition) is 1. The molecule has 3 aromatic carbocycles. The number of para-hydroxylation sites is 2. The minimum absolute atomic E-state index is 0.0308. The zero-order valence-corrected chi connectivity index (χ0v) is 18.1. The fourth-order valence-electron chi connectivity index (χ4n) is 3.35. The largest absolute Gasteiger partial charge is 0.495 e. The van der Waals surface area contributed by atoms with Gasteiger partial charge in [-0.3, -0.25) is 0 Å². The monoisotopic (exact) mass is 459 g/mol. The van der Waals surface area contributed by atoms with Crippen molar-refractivity contribution in [3.63, 3.8) is 0 Å². The molecule has 0 saturated heterocycles. The number of hydrogen-bond acceptors (Lipinski definition) is 4. The second-order valence-corrected chi connectivity index (χ2v) is 8.95. The Morgan fingerprint density at radius 3 is 2.58 bits per heavy atom. The Morgan fingerprint density at radius 2 is 1.84 bits per heavy atom. The second kappa shape index (κ2) is 8.66. The van der Waals surface area contributed by atoms with E-state index < -0.39 is 10.0 Å². The molecule has 160 valence electrons. The predicted molar refractivity (Wildman–Crippen MR) is 118 cm³/mol. The third kappa shape index (κ3) is 4.41. The van der Waals surface area contributed by atoms with E-state index in [4.69, 9.17) is 16.3 Å². The van der Waals surface area contributed by atoms with Gasteiger partial charge in [0.25, 0.3) is 0 Å². The van der Waals surface area contributed by atoms with Crippen LogP contribution >= 0.6 is 11.6 Å². The first-order valence-electron chi connectivity index (χ1n) is 9.43. The minimum Gasteiger partial charge on any atom is -0.495 e. The van der Waals surface area contributed by atoms with E-state index >= 15 is 0 Å². The molecule has 0 amide bonds. The van der Waals surface area contributed by atoms with Gasteiger partial charge in [-0.2, -0.15) is 0 Å². The molecule has 0 saturated carbocycles. The van der Waals surface area contributed by atoms with E-state index in [1.54, 1.807) is 18.2 Å². The van der Waals surface area contributed by atoms with Gasteiger partial charge in [0.15, 0.2) is 0 Å². The Bertz CT molecular complexity index is 1340. The molecular weight excluding hydrogens is 441 g/mol. The van der Waals surface area contributed by atoms with Crippen LogP contribution in [0.2, 0.25) is 5.02 Å². The molecule has 0 unspecified atom stereocenters. The van der Waals surface area contributed by atoms with Gasteiger partial charge < -0.3 is 9.30 Å². The number of imidazole rings is 1. The fourth-order valence-corrected chi connectivity index (χ4v) is 4.80. The maximum absolute atomic E-state index is 13.4. The van der Waals surface area contributed by atoms with Gasteiger partial charge in [-0.15, -0.1) is 0 Å². The number of aromatic nitrogens is 2. The van der Waals surface area contributed by atoms with Crippen LogP contribution in [0, 0.1) is 5.82 Å². The van der Waals surface area contributed by atoms with Crippen LogP contribution < -0.4 is 9.46 Å². The summed E-state index contributed by atoms with van der Waals surface area (Å²) < 4.78 is 48.7. The summed E-state index contributed by atoms with van der Waals surface area (Å²) in [7, 11) is -2.46. The van der Waals surface area contributed by atoms with Gasteiger partial charge >= 0.3 is 0 Å². The molecule has 1 aromatic heterocycles. The molecule has 1 N–H and O–H groups in total. The SMILES string of the molecule is COc1ccc(Cl)cc1S(=O)(=O)NCCn1c(-c2ccc(F)cc2)nc2ccccc21. The Balaban J connectivity index is 1.63. The highest BCUT2D eigenvalue weighted by Crippen LogP contribution is 2.27. The van der Waals surface area contributed by atoms with Crippen molar-refractivity contribution in [2.75, 3.05) is 13.7 Å². The molecule has 0 aliphatic carbocycles. The average molecular weight is 460 g/mol. The highest BCUT2D eigenvalue weighted by Gasteiger charge is 2.20. The fraction of sp³-hybridized carbons (Fsp3) is 0.136. The van der Waals surface area contributed by atoms with Crippen LogP contribution in [0.25, 0.3) is 22.4 Å². The molecule has 0 bridgehead atoms. The van der Waals surface area contributed by atoms with Crippen molar-refractivity contribution in [2.24, 2.45) is 0 Å². The van der Waals surface area contributed by atoms with Gasteiger partial charge in [0.1, 0.15) is 22.3 Å². The first kappa shape index (κ1) is 21.3. The summed E-state index contributed by atoms with van der Waals surface area (Å²) in [5.41, 5.74) is 2.35. The molecule has 0 fully saturated rings. The molecule has 4 aromatic rings. The Hall–Kier alpha value is -2.94. The van der Waals surface area contributed by atoms with Crippen molar-refractivity contribution >= 4 is 32.7 Å². The molecule has 31 heavy (non-hydrogen) atoms. The maximum atomic E-state index is 13.4. The quantitative estimate of drug-likeness (QED) is 0.442. The summed E-state index contributed by atoms with van der Waals surface area (Å²) in [5.74, 6) is 0.493. The lowest BCUT2D eigenvalue weighted by Gasteiger charge is -2.13. The van der Waals surface area contributed by atoms with Crippen molar-refractivity contribution in [3.8, 4) is 17.1 Å². The first-order chi connectivity index (χ1) is 14.9. The number of benzene rings is 3. The van der Waals surface area contributed by atoms with Crippen molar-refractivity contribution in [3.05, 3.63) is 77.6 Å². The van der Waals surface area contributed by atoms with Crippen LogP contribution in [-0.4, -0.2) is 31.6 Å². The van der Waals surface area contributed by atoms with Crippen molar-refractivity contribution in [2.45, 2.75) is 11.4 Å². The lowest BCUT2D eigenvalue weighted by molar-refractivity contribution is 0.402. The summed E-state index contributed by atoms with van der Waals surface area (Å²) >= 11 is 5.97. The van der Waals surface area contributed by atoms with Crippen LogP contribution in [0.15, 0.2) is 71.6 Å². The highest BCUT2D eigenvalue weighted by atomic mass is 35.5. The molecule has 0 radical (unpaired) electrons. The molecule has 6 nitrogen and oxygen atoms in total. The zero-order valence-electron chi connectivity index (χ0n) is 16.5. The van der Waals surface area contributed by atoms with E-state index in [0.717, 1.165) is 16.6 Å². The Labute approximate surface area is 184 Å². The topological polar surface area (TPSA) is 73.2 Å². The van der Waals surface area contributed by atoms with Crippen molar-refractivity contribution in [1.29, 1.82) is 0 Å². The van der Waals surface area contributed by atoms with E-state index in [2.05, 4.69) is 9.71 Å². The summed E-state index contributed by atoms with van der Waals surface area (Å²) in [6.45, 7) is 0.419. The van der Waals surface area contributed by atoms with E-state index in [1.807, 2.05) is 28.8 Å². The van der Waals surface area contributed by atoms with E-state index in [9.17, 15) is 12.8 Å². The molecule has 0 atom stereocenters. The highest BCUT2D eigenvalue weighted by molar-refractivity contribution is 7.89. The number of sulfonamides is 1. The van der Waals surface area contributed by atoms with Crippen LogP contribution in [0.3, 0.4) is 0 Å². The Morgan fingerprint density at radius 1 is 1.10 bits per heavy atom. The predicted octanol–water partition coefficient (Wildman–Crippen LogP) is 4.48. The molecule has 9 heteroatoms. The van der Waals surface area contributed by atoms with Crippen molar-refractivity contribution in [1.82, 2.24) is 14.3 Å². The summed E-state index contributed by atoms with van der Waals surface area (Å²) in [6, 6.07) is 18.0. The van der Waals surface area contributed by atoms with Gasteiger partial charge in [0.05, 0.1) is 18.1 Å². The standard InChI is InChI=1S/C22H19ClFN3O3S/c1-30-20-11-8-16(23)14-21(20)31(28,29)25-12-13-27-19-5-3-2-4-18(19)26-22(27)15-6-9-17(24)10-7-15/h2-11,14,25H,12-13H2,1H3. The average Bonchev–Trinajstić information content (AvgIpc) is 3.13. The molecule has 1 heterocycles. The maximum Gasteiger partial charge on any atom is 0.244 e. The summed E-state index contributed by atoms with van der Waals surface area (Å²) in [4.78, 5) is 4.62. The number of fused-ring (bicyclic) bond motifs is 1. The molecular formula is C22H19ClFN3O3S. The van der Waals surface area contributed by atoms with Gasteiger partial charge in [-0.1, -0.05) is 23.7 Å². The van der Waals surface area contributed by atoms with E-state index in [-0.39, 0.29) is 23.0 Å². The van der Waals surface area contributed by atoms with Crippen molar-refractivity contribution < 1.29 is 17.5 Å². The van der Waals surface area contributed by atoms with Crippen LogP contribution in [-0.2, 0) is 16.6 Å². The van der Waals surface area contributed by atoms with Gasteiger partial charge in [0, 0.05) is 23.7 Å². The lowest BCUT2D eigenvalue weighted by atomic mass is 10.2.